The summed E-state index contributed by atoms with van der Waals surface area (Å²) in [5, 5.41) is 11.8. The smallest absolute Gasteiger partial charge is 0.331 e. The molecule has 46 valence electrons. The van der Waals surface area contributed by atoms with Crippen molar-refractivity contribution in [1.82, 2.24) is 0 Å². The van der Waals surface area contributed by atoms with E-state index in [1.807, 2.05) is 0 Å². The molecule has 2 N–H and O–H groups in total. The van der Waals surface area contributed by atoms with Gasteiger partial charge in [-0.1, -0.05) is 6.58 Å². The van der Waals surface area contributed by atoms with Crippen LogP contribution in [0.25, 0.3) is 1.43 Å². The number of hydrogen-bond donors (Lipinski definition) is 2. The maximum atomic E-state index is 10.3. The molecule has 0 rings (SSSR count). The monoisotopic (exact) mass is 117 g/mol. The third-order valence-corrected chi connectivity index (χ3v) is 0.702. The van der Waals surface area contributed by atoms with Crippen LogP contribution in [0.5, 0.6) is 0 Å². The fourth-order valence-electron chi connectivity index (χ4n) is 0.237. The number of rotatable bonds is 3. The normalized spacial score (nSPS) is 9.88. The van der Waals surface area contributed by atoms with Gasteiger partial charge in [-0.2, -0.15) is 0 Å². The molecule has 0 aliphatic carbocycles. The predicted molar refractivity (Wildman–Crippen MR) is 28.5 cm³/mol. The number of carbonyl (C=O) groups is 1. The summed E-state index contributed by atoms with van der Waals surface area (Å²) in [6.45, 7) is 3.12. The highest BCUT2D eigenvalue weighted by Gasteiger charge is 1.99. The van der Waals surface area contributed by atoms with Crippen LogP contribution in [0.15, 0.2) is 12.2 Å². The summed E-state index contributed by atoms with van der Waals surface area (Å²) in [4.78, 5) is 10.3. The average Bonchev–Trinajstić information content (AvgIpc) is 1.87. The Morgan fingerprint density at radius 1 is 1.88 bits per heavy atom. The van der Waals surface area contributed by atoms with E-state index >= 15 is 0 Å². The summed E-state index contributed by atoms with van der Waals surface area (Å²) in [6.07, 6.45) is 0.164. The minimum atomic E-state index is -0.788. The summed E-state index contributed by atoms with van der Waals surface area (Å²) < 4.78 is 6.13. The summed E-state index contributed by atoms with van der Waals surface area (Å²) >= 11 is 0. The lowest BCUT2D eigenvalue weighted by atomic mass is 10.2. The van der Waals surface area contributed by atoms with Gasteiger partial charge in [0.15, 0.2) is 0 Å². The molecule has 0 fully saturated rings. The van der Waals surface area contributed by atoms with Crippen molar-refractivity contribution in [2.45, 2.75) is 6.42 Å². The van der Waals surface area contributed by atoms with Crippen LogP contribution in [0.1, 0.15) is 6.42 Å². The number of aliphatic hydroxyl groups excluding tert-OH is 1. The third-order valence-electron chi connectivity index (χ3n) is 0.702. The van der Waals surface area contributed by atoms with Crippen molar-refractivity contribution in [2.75, 3.05) is 6.61 Å². The van der Waals surface area contributed by atoms with Crippen molar-refractivity contribution in [3.63, 3.8) is 0 Å². The number of aliphatic hydroxyl groups is 1. The van der Waals surface area contributed by atoms with Gasteiger partial charge in [0.05, 0.1) is 0 Å². The molecule has 0 aliphatic heterocycles. The largest absolute Gasteiger partial charge is 0.478 e. The van der Waals surface area contributed by atoms with Gasteiger partial charge in [0.25, 0.3) is 1.43 Å². The Morgan fingerprint density at radius 3 is 2.88 bits per heavy atom. The zero-order valence-corrected chi connectivity index (χ0v) is 4.39. The molecule has 3 heteroatoms. The highest BCUT2D eigenvalue weighted by molar-refractivity contribution is 5.85. The molecule has 0 saturated carbocycles. The number of aliphatic carboxylic acids is 1. The first-order chi connectivity index (χ1) is 4.22. The van der Waals surface area contributed by atoms with E-state index < -0.39 is 5.97 Å². The maximum Gasteiger partial charge on any atom is 0.331 e. The first-order valence-corrected chi connectivity index (χ1v) is 2.18. The minimum Gasteiger partial charge on any atom is -0.478 e. The van der Waals surface area contributed by atoms with E-state index in [0.29, 0.717) is 0 Å². The van der Waals surface area contributed by atoms with Crippen molar-refractivity contribution >= 4 is 5.97 Å². The van der Waals surface area contributed by atoms with Gasteiger partial charge in [-0.3, -0.25) is 0 Å². The van der Waals surface area contributed by atoms with Gasteiger partial charge >= 0.3 is 5.97 Å². The SMILES string of the molecule is [2H]OC(=O)C(=C)CCO. The van der Waals surface area contributed by atoms with Gasteiger partial charge in [-0.05, 0) is 0 Å². The van der Waals surface area contributed by atoms with Crippen molar-refractivity contribution < 1.29 is 15.0 Å². The van der Waals surface area contributed by atoms with Crippen molar-refractivity contribution in [1.29, 1.82) is 1.43 Å². The predicted octanol–water partition coefficient (Wildman–Crippen LogP) is 0.00960. The molecule has 0 bridgehead atoms. The van der Waals surface area contributed by atoms with Crippen LogP contribution in [-0.2, 0) is 4.79 Å². The molecule has 0 aromatic rings. The zero-order valence-electron chi connectivity index (χ0n) is 5.39. The lowest BCUT2D eigenvalue weighted by molar-refractivity contribution is -0.132. The Labute approximate surface area is 48.8 Å². The molecule has 0 heterocycles. The first kappa shape index (κ1) is 5.31. The minimum absolute atomic E-state index is 0.118. The highest BCUT2D eigenvalue weighted by Crippen LogP contribution is 1.94. The molecule has 0 aromatic heterocycles. The van der Waals surface area contributed by atoms with E-state index in [0.717, 1.165) is 0 Å². The molecule has 0 aromatic carbocycles. The Hall–Kier alpha value is -0.830. The fourth-order valence-corrected chi connectivity index (χ4v) is 0.237. The molecular weight excluding hydrogens is 108 g/mol. The van der Waals surface area contributed by atoms with E-state index in [-0.39, 0.29) is 18.6 Å². The van der Waals surface area contributed by atoms with E-state index in [4.69, 9.17) is 6.54 Å². The molecule has 0 saturated heterocycles. The molecule has 0 aliphatic rings. The van der Waals surface area contributed by atoms with Crippen LogP contribution in [-0.4, -0.2) is 22.8 Å². The van der Waals surface area contributed by atoms with Crippen LogP contribution in [0, 0.1) is 0 Å². The summed E-state index contributed by atoms with van der Waals surface area (Å²) in [5.74, 6) is -0.788. The summed E-state index contributed by atoms with van der Waals surface area (Å²) in [6, 6.07) is 0. The number of carboxylic acids is 1. The van der Waals surface area contributed by atoms with E-state index in [9.17, 15) is 4.79 Å². The molecule has 3 nitrogen and oxygen atoms in total. The molecule has 0 atom stereocenters. The second-order valence-corrected chi connectivity index (χ2v) is 1.36. The Balaban J connectivity index is 3.60. The van der Waals surface area contributed by atoms with E-state index in [1.54, 1.807) is 0 Å². The topological polar surface area (TPSA) is 57.5 Å². The Kier molecular flexibility index (Phi) is 2.13. The fraction of sp³-hybridized carbons (Fsp3) is 0.400. The third kappa shape index (κ3) is 2.36. The molecule has 0 spiro atoms. The van der Waals surface area contributed by atoms with Gasteiger partial charge < -0.3 is 10.2 Å². The molecule has 0 radical (unpaired) electrons. The van der Waals surface area contributed by atoms with Gasteiger partial charge in [-0.25, -0.2) is 4.79 Å². The lowest BCUT2D eigenvalue weighted by Gasteiger charge is -1.91. The van der Waals surface area contributed by atoms with Crippen LogP contribution < -0.4 is 0 Å². The first-order valence-electron chi connectivity index (χ1n) is 2.59. The zero-order chi connectivity index (χ0) is 7.28. The van der Waals surface area contributed by atoms with Gasteiger partial charge in [-0.15, -0.1) is 0 Å². The number of carboxylic acid groups (broad SMARTS) is 1. The molecular formula is C5H8O3. The summed E-state index contributed by atoms with van der Waals surface area (Å²) in [5.41, 5.74) is 0.118. The van der Waals surface area contributed by atoms with Crippen LogP contribution in [0.3, 0.4) is 0 Å². The quantitative estimate of drug-likeness (QED) is 0.512. The molecule has 0 unspecified atom stereocenters. The second kappa shape index (κ2) is 3.21. The Bertz CT molecular complexity index is 121. The van der Waals surface area contributed by atoms with Gasteiger partial charge in [0.2, 0.25) is 0 Å². The molecule has 0 amide bonds. The Morgan fingerprint density at radius 2 is 2.50 bits per heavy atom. The van der Waals surface area contributed by atoms with Crippen molar-refractivity contribution in [3.8, 4) is 0 Å². The van der Waals surface area contributed by atoms with Crippen LogP contribution >= 0.6 is 0 Å². The van der Waals surface area contributed by atoms with Crippen LogP contribution in [0.4, 0.5) is 0 Å². The van der Waals surface area contributed by atoms with Crippen LogP contribution in [0.2, 0.25) is 0 Å². The van der Waals surface area contributed by atoms with E-state index in [2.05, 4.69) is 11.7 Å². The van der Waals surface area contributed by atoms with E-state index in [1.165, 1.54) is 0 Å². The molecule has 8 heavy (non-hydrogen) atoms. The van der Waals surface area contributed by atoms with Crippen molar-refractivity contribution in [3.05, 3.63) is 12.2 Å². The maximum absolute atomic E-state index is 10.3. The standard InChI is InChI=1S/C5H8O3/c1-4(2-3-6)5(7)8/h6H,1-3H2,(H,7,8)/i/hD. The lowest BCUT2D eigenvalue weighted by Crippen LogP contribution is -2.00. The second-order valence-electron chi connectivity index (χ2n) is 1.36. The number of hydrogen-bond acceptors (Lipinski definition) is 3. The summed E-state index contributed by atoms with van der Waals surface area (Å²) in [7, 11) is 0. The average molecular weight is 117 g/mol. The van der Waals surface area contributed by atoms with Crippen molar-refractivity contribution in [2.24, 2.45) is 0 Å². The highest BCUT2D eigenvalue weighted by atomic mass is 16.4. The van der Waals surface area contributed by atoms with Gasteiger partial charge in [0, 0.05) is 18.6 Å². The van der Waals surface area contributed by atoms with Gasteiger partial charge in [0.1, 0.15) is 0 Å².